The second-order valence-corrected chi connectivity index (χ2v) is 6.78. The Bertz CT molecular complexity index is 817. The Morgan fingerprint density at radius 1 is 1.50 bits per heavy atom. The number of nitrogens with zero attached hydrogens (tertiary/aromatic N) is 4. The van der Waals surface area contributed by atoms with Gasteiger partial charge in [-0.15, -0.1) is 0 Å². The van der Waals surface area contributed by atoms with Crippen LogP contribution in [0.1, 0.15) is 53.5 Å². The van der Waals surface area contributed by atoms with Gasteiger partial charge in [0.1, 0.15) is 23.6 Å². The Hall–Kier alpha value is -2.48. The molecular weight excluding hydrogens is 332 g/mol. The molecule has 2 N–H and O–H groups in total. The van der Waals surface area contributed by atoms with Gasteiger partial charge in [0.2, 0.25) is 0 Å². The largest absolute Gasteiger partial charge is 0.381 e. The van der Waals surface area contributed by atoms with Crippen LogP contribution >= 0.6 is 0 Å². The van der Waals surface area contributed by atoms with E-state index in [0.29, 0.717) is 19.1 Å². The third kappa shape index (κ3) is 2.94. The van der Waals surface area contributed by atoms with Gasteiger partial charge in [-0.2, -0.15) is 0 Å². The van der Waals surface area contributed by atoms with Crippen molar-refractivity contribution in [2.24, 2.45) is 4.99 Å². The number of aliphatic imine (C=N–C) groups is 1. The fourth-order valence-corrected chi connectivity index (χ4v) is 3.81. The first kappa shape index (κ1) is 17.0. The maximum absolute atomic E-state index is 7.55. The summed E-state index contributed by atoms with van der Waals surface area (Å²) < 4.78 is 11.0. The van der Waals surface area contributed by atoms with E-state index in [1.54, 1.807) is 0 Å². The van der Waals surface area contributed by atoms with Crippen LogP contribution < -0.4 is 0 Å². The maximum atomic E-state index is 7.55. The molecule has 0 amide bonds. The molecule has 8 nitrogen and oxygen atoms in total. The second-order valence-electron chi connectivity index (χ2n) is 6.78. The highest BCUT2D eigenvalue weighted by Crippen LogP contribution is 2.29. The Labute approximate surface area is 152 Å². The summed E-state index contributed by atoms with van der Waals surface area (Å²) >= 11 is 0. The lowest BCUT2D eigenvalue weighted by Crippen LogP contribution is -2.37. The van der Waals surface area contributed by atoms with Gasteiger partial charge < -0.3 is 19.1 Å². The van der Waals surface area contributed by atoms with Crippen LogP contribution in [0.15, 0.2) is 9.52 Å². The van der Waals surface area contributed by atoms with Gasteiger partial charge in [0, 0.05) is 37.6 Å². The molecule has 4 rings (SSSR count). The smallest absolute Gasteiger partial charge is 0.158 e. The third-order valence-corrected chi connectivity index (χ3v) is 5.13. The molecule has 2 aliphatic heterocycles. The fourth-order valence-electron chi connectivity index (χ4n) is 3.81. The number of nitrogens with one attached hydrogen (secondary N) is 2. The molecule has 1 atom stereocenters. The molecule has 2 aromatic rings. The monoisotopic (exact) mass is 356 g/mol. The van der Waals surface area contributed by atoms with Gasteiger partial charge in [-0.3, -0.25) is 5.41 Å². The van der Waals surface area contributed by atoms with Gasteiger partial charge in [0.25, 0.3) is 0 Å². The topological polar surface area (TPSA) is 103 Å². The third-order valence-electron chi connectivity index (χ3n) is 5.13. The van der Waals surface area contributed by atoms with Gasteiger partial charge >= 0.3 is 0 Å². The van der Waals surface area contributed by atoms with E-state index in [2.05, 4.69) is 27.0 Å². The van der Waals surface area contributed by atoms with E-state index in [-0.39, 0.29) is 0 Å². The highest BCUT2D eigenvalue weighted by molar-refractivity contribution is 6.01. The van der Waals surface area contributed by atoms with Gasteiger partial charge in [0.05, 0.1) is 18.0 Å². The van der Waals surface area contributed by atoms with Crippen LogP contribution in [0, 0.1) is 12.3 Å². The predicted octanol–water partition coefficient (Wildman–Crippen LogP) is 2.18. The number of H-pyrrole nitrogens is 1. The summed E-state index contributed by atoms with van der Waals surface area (Å²) in [6.07, 6.45) is 3.70. The highest BCUT2D eigenvalue weighted by Gasteiger charge is 2.31. The second kappa shape index (κ2) is 7.03. The fraction of sp³-hybridized carbons (Fsp3) is 0.556. The SMILES string of the molecule is CCc1noc2c1CN(C(=NC=N)c1nc(C)[nH]c1[C@@H]1CCOC1)CC2. The standard InChI is InChI=1S/C18H24N6O2/c1-3-14-13-8-24(6-4-15(13)26-23-14)18(20-10-19)17-16(21-11(2)22-17)12-5-7-25-9-12/h10,12,19H,3-9H2,1-2H3,(H,21,22)/t12-/m1/s1. The molecule has 4 heterocycles. The minimum atomic E-state index is 0.296. The highest BCUT2D eigenvalue weighted by atomic mass is 16.5. The normalized spacial score (nSPS) is 20.5. The lowest BCUT2D eigenvalue weighted by molar-refractivity contribution is 0.193. The molecule has 26 heavy (non-hydrogen) atoms. The summed E-state index contributed by atoms with van der Waals surface area (Å²) in [6, 6.07) is 0. The Balaban J connectivity index is 1.69. The van der Waals surface area contributed by atoms with E-state index < -0.39 is 0 Å². The van der Waals surface area contributed by atoms with Crippen LogP contribution in [-0.4, -0.2) is 52.0 Å². The van der Waals surface area contributed by atoms with Crippen molar-refractivity contribution in [3.8, 4) is 0 Å². The summed E-state index contributed by atoms with van der Waals surface area (Å²) in [5.74, 6) is 2.86. The predicted molar refractivity (Wildman–Crippen MR) is 96.8 cm³/mol. The van der Waals surface area contributed by atoms with Crippen molar-refractivity contribution in [1.29, 1.82) is 5.41 Å². The molecule has 0 unspecified atom stereocenters. The van der Waals surface area contributed by atoms with E-state index in [0.717, 1.165) is 78.8 Å². The minimum Gasteiger partial charge on any atom is -0.381 e. The number of amidine groups is 1. The summed E-state index contributed by atoms with van der Waals surface area (Å²) in [7, 11) is 0. The number of fused-ring (bicyclic) bond motifs is 1. The number of hydrogen-bond acceptors (Lipinski definition) is 5. The quantitative estimate of drug-likeness (QED) is 0.645. The minimum absolute atomic E-state index is 0.296. The molecular formula is C18H24N6O2. The van der Waals surface area contributed by atoms with Crippen molar-refractivity contribution >= 4 is 12.2 Å². The summed E-state index contributed by atoms with van der Waals surface area (Å²) in [5.41, 5.74) is 4.04. The first-order valence-corrected chi connectivity index (χ1v) is 9.13. The number of ether oxygens (including phenoxy) is 1. The molecule has 1 saturated heterocycles. The van der Waals surface area contributed by atoms with Crippen LogP contribution in [0.2, 0.25) is 0 Å². The van der Waals surface area contributed by atoms with E-state index in [9.17, 15) is 0 Å². The van der Waals surface area contributed by atoms with E-state index >= 15 is 0 Å². The zero-order chi connectivity index (χ0) is 18.1. The van der Waals surface area contributed by atoms with Crippen LogP contribution in [0.5, 0.6) is 0 Å². The van der Waals surface area contributed by atoms with Gasteiger partial charge in [-0.05, 0) is 19.8 Å². The lowest BCUT2D eigenvalue weighted by atomic mass is 10.0. The van der Waals surface area contributed by atoms with E-state index in [1.165, 1.54) is 0 Å². The molecule has 0 aromatic carbocycles. The maximum Gasteiger partial charge on any atom is 0.158 e. The average molecular weight is 356 g/mol. The van der Waals surface area contributed by atoms with E-state index in [1.807, 2.05) is 6.92 Å². The molecule has 0 radical (unpaired) electrons. The molecule has 8 heteroatoms. The van der Waals surface area contributed by atoms with Gasteiger partial charge in [-0.25, -0.2) is 9.98 Å². The zero-order valence-electron chi connectivity index (χ0n) is 15.2. The van der Waals surface area contributed by atoms with Crippen molar-refractivity contribution in [2.75, 3.05) is 19.8 Å². The number of aromatic nitrogens is 3. The zero-order valence-corrected chi connectivity index (χ0v) is 15.2. The van der Waals surface area contributed by atoms with Crippen molar-refractivity contribution in [3.05, 3.63) is 34.2 Å². The summed E-state index contributed by atoms with van der Waals surface area (Å²) in [4.78, 5) is 14.7. The average Bonchev–Trinajstić information content (AvgIpc) is 3.38. The van der Waals surface area contributed by atoms with Crippen LogP contribution in [0.4, 0.5) is 0 Å². The van der Waals surface area contributed by atoms with Gasteiger partial charge in [0.15, 0.2) is 5.84 Å². The van der Waals surface area contributed by atoms with Gasteiger partial charge in [-0.1, -0.05) is 12.1 Å². The molecule has 0 bridgehead atoms. The molecule has 0 saturated carbocycles. The Morgan fingerprint density at radius 3 is 3.12 bits per heavy atom. The van der Waals surface area contributed by atoms with Crippen LogP contribution in [0.3, 0.4) is 0 Å². The number of imidazole rings is 1. The molecule has 2 aliphatic rings. The molecule has 1 fully saturated rings. The van der Waals surface area contributed by atoms with Crippen molar-refractivity contribution < 1.29 is 9.26 Å². The van der Waals surface area contributed by atoms with Crippen LogP contribution in [0.25, 0.3) is 0 Å². The molecule has 0 spiro atoms. The van der Waals surface area contributed by atoms with E-state index in [4.69, 9.17) is 19.7 Å². The van der Waals surface area contributed by atoms with Crippen LogP contribution in [-0.2, 0) is 24.1 Å². The summed E-state index contributed by atoms with van der Waals surface area (Å²) in [6.45, 7) is 6.95. The molecule has 138 valence electrons. The number of aromatic amines is 1. The Morgan fingerprint density at radius 2 is 2.38 bits per heavy atom. The number of hydrogen-bond donors (Lipinski definition) is 2. The first-order valence-electron chi connectivity index (χ1n) is 9.13. The number of aryl methyl sites for hydroxylation is 2. The summed E-state index contributed by atoms with van der Waals surface area (Å²) in [5, 5.41) is 11.7. The Kier molecular flexibility index (Phi) is 4.58. The lowest BCUT2D eigenvalue weighted by Gasteiger charge is -2.29. The van der Waals surface area contributed by atoms with Crippen molar-refractivity contribution in [3.63, 3.8) is 0 Å². The first-order chi connectivity index (χ1) is 12.7. The number of rotatable bonds is 4. The van der Waals surface area contributed by atoms with Crippen molar-refractivity contribution in [1.82, 2.24) is 20.0 Å². The molecule has 0 aliphatic carbocycles. The van der Waals surface area contributed by atoms with Crippen molar-refractivity contribution in [2.45, 2.75) is 45.6 Å². The molecule has 2 aromatic heterocycles.